The van der Waals surface area contributed by atoms with Crippen molar-refractivity contribution < 1.29 is 9.21 Å². The molecule has 0 fully saturated rings. The van der Waals surface area contributed by atoms with Gasteiger partial charge in [-0.3, -0.25) is 9.59 Å². The number of fused-ring (bicyclic) bond motifs is 1. The van der Waals surface area contributed by atoms with Gasteiger partial charge >= 0.3 is 0 Å². The number of para-hydroxylation sites is 1. The van der Waals surface area contributed by atoms with Crippen LogP contribution >= 0.6 is 11.6 Å². The molecule has 0 saturated carbocycles. The maximum atomic E-state index is 12.4. The van der Waals surface area contributed by atoms with Crippen LogP contribution < -0.4 is 10.7 Å². The summed E-state index contributed by atoms with van der Waals surface area (Å²) in [4.78, 5) is 24.5. The van der Waals surface area contributed by atoms with Crippen LogP contribution in [0.4, 0.5) is 5.69 Å². The summed E-state index contributed by atoms with van der Waals surface area (Å²) in [6, 6.07) is 10.7. The monoisotopic (exact) mass is 353 g/mol. The summed E-state index contributed by atoms with van der Waals surface area (Å²) in [6.07, 6.45) is 4.07. The van der Waals surface area contributed by atoms with Gasteiger partial charge in [0.2, 0.25) is 5.91 Å². The summed E-state index contributed by atoms with van der Waals surface area (Å²) >= 11 is 6.18. The zero-order valence-electron chi connectivity index (χ0n) is 13.8. The van der Waals surface area contributed by atoms with Crippen LogP contribution in [0.3, 0.4) is 0 Å². The van der Waals surface area contributed by atoms with Gasteiger partial charge in [0.25, 0.3) is 0 Å². The van der Waals surface area contributed by atoms with Gasteiger partial charge in [-0.05, 0) is 49.2 Å². The minimum absolute atomic E-state index is 0.185. The molecule has 0 unspecified atom stereocenters. The molecule has 1 aromatic heterocycles. The minimum atomic E-state index is -0.374. The molecule has 3 aromatic rings. The Morgan fingerprint density at radius 2 is 1.96 bits per heavy atom. The van der Waals surface area contributed by atoms with E-state index >= 15 is 0 Å². The molecule has 0 radical (unpaired) electrons. The Kier molecular flexibility index (Phi) is 4.72. The Balaban J connectivity index is 1.84. The molecule has 0 aliphatic heterocycles. The second-order valence-electron chi connectivity index (χ2n) is 5.78. The normalized spacial score (nSPS) is 11.2. The first kappa shape index (κ1) is 17.0. The maximum Gasteiger partial charge on any atom is 0.248 e. The second-order valence-corrected chi connectivity index (χ2v) is 6.18. The highest BCUT2D eigenvalue weighted by atomic mass is 35.5. The fourth-order valence-corrected chi connectivity index (χ4v) is 2.98. The van der Waals surface area contributed by atoms with Crippen molar-refractivity contribution in [3.63, 3.8) is 0 Å². The highest BCUT2D eigenvalue weighted by Gasteiger charge is 2.08. The number of hydrogen-bond acceptors (Lipinski definition) is 3. The van der Waals surface area contributed by atoms with Gasteiger partial charge in [-0.25, -0.2) is 0 Å². The summed E-state index contributed by atoms with van der Waals surface area (Å²) in [6.45, 7) is 3.81. The van der Waals surface area contributed by atoms with Crippen molar-refractivity contribution in [3.8, 4) is 0 Å². The number of rotatable bonds is 3. The Morgan fingerprint density at radius 3 is 2.72 bits per heavy atom. The molecule has 0 atom stereocenters. The van der Waals surface area contributed by atoms with E-state index < -0.39 is 0 Å². The van der Waals surface area contributed by atoms with Crippen LogP contribution in [0.5, 0.6) is 0 Å². The lowest BCUT2D eigenvalue weighted by atomic mass is 10.1. The molecular formula is C20H16ClNO3. The van der Waals surface area contributed by atoms with Gasteiger partial charge in [0.15, 0.2) is 5.43 Å². The lowest BCUT2D eigenvalue weighted by Crippen LogP contribution is -2.10. The van der Waals surface area contributed by atoms with E-state index in [1.54, 1.807) is 30.3 Å². The fraction of sp³-hybridized carbons (Fsp3) is 0.100. The van der Waals surface area contributed by atoms with Gasteiger partial charge < -0.3 is 9.73 Å². The van der Waals surface area contributed by atoms with Crippen molar-refractivity contribution in [1.29, 1.82) is 0 Å². The van der Waals surface area contributed by atoms with E-state index in [0.29, 0.717) is 27.2 Å². The molecule has 5 heteroatoms. The lowest BCUT2D eigenvalue weighted by molar-refractivity contribution is -0.111. The van der Waals surface area contributed by atoms with E-state index in [1.807, 2.05) is 19.9 Å². The number of anilines is 1. The van der Waals surface area contributed by atoms with E-state index in [2.05, 4.69) is 5.32 Å². The third-order valence-corrected chi connectivity index (χ3v) is 4.10. The number of hydrogen-bond donors (Lipinski definition) is 1. The van der Waals surface area contributed by atoms with Crippen LogP contribution in [0, 0.1) is 13.8 Å². The van der Waals surface area contributed by atoms with Crippen LogP contribution in [0.25, 0.3) is 17.0 Å². The predicted molar refractivity (Wildman–Crippen MR) is 101 cm³/mol. The molecule has 1 N–H and O–H groups in total. The first-order chi connectivity index (χ1) is 12.0. The minimum Gasteiger partial charge on any atom is -0.463 e. The molecule has 2 aromatic carbocycles. The highest BCUT2D eigenvalue weighted by Crippen LogP contribution is 2.27. The SMILES string of the molecule is Cc1cc(C)c(NC(=O)/C=C/c2coc3ccccc3c2=O)c(Cl)c1. The van der Waals surface area contributed by atoms with Gasteiger partial charge in [0.1, 0.15) is 11.8 Å². The van der Waals surface area contributed by atoms with Crippen LogP contribution in [0.2, 0.25) is 5.02 Å². The zero-order chi connectivity index (χ0) is 18.0. The largest absolute Gasteiger partial charge is 0.463 e. The predicted octanol–water partition coefficient (Wildman–Crippen LogP) is 4.72. The van der Waals surface area contributed by atoms with Crippen LogP contribution in [0.15, 0.2) is 57.9 Å². The first-order valence-corrected chi connectivity index (χ1v) is 8.10. The number of amides is 1. The van der Waals surface area contributed by atoms with E-state index in [4.69, 9.17) is 16.0 Å². The summed E-state index contributed by atoms with van der Waals surface area (Å²) in [5, 5.41) is 3.69. The van der Waals surface area contributed by atoms with Gasteiger partial charge in [-0.2, -0.15) is 0 Å². The molecule has 3 rings (SSSR count). The second kappa shape index (κ2) is 6.95. The molecule has 1 heterocycles. The molecule has 0 saturated heterocycles. The van der Waals surface area contributed by atoms with Crippen molar-refractivity contribution in [1.82, 2.24) is 0 Å². The van der Waals surface area contributed by atoms with Crippen molar-refractivity contribution in [2.75, 3.05) is 5.32 Å². The van der Waals surface area contributed by atoms with Gasteiger partial charge in [0, 0.05) is 6.08 Å². The number of halogens is 1. The standard InChI is InChI=1S/C20H16ClNO3/c1-12-9-13(2)19(16(21)10-12)22-18(23)8-7-14-11-25-17-6-4-3-5-15(17)20(14)24/h3-11H,1-2H3,(H,22,23)/b8-7+. The fourth-order valence-electron chi connectivity index (χ4n) is 2.61. The molecule has 0 aliphatic carbocycles. The number of nitrogens with one attached hydrogen (secondary N) is 1. The number of benzene rings is 2. The third kappa shape index (κ3) is 3.64. The van der Waals surface area contributed by atoms with Crippen LogP contribution in [-0.4, -0.2) is 5.91 Å². The Hall–Kier alpha value is -2.85. The van der Waals surface area contributed by atoms with Crippen LogP contribution in [0.1, 0.15) is 16.7 Å². The maximum absolute atomic E-state index is 12.4. The Morgan fingerprint density at radius 1 is 1.20 bits per heavy atom. The van der Waals surface area contributed by atoms with Crippen LogP contribution in [-0.2, 0) is 4.79 Å². The summed E-state index contributed by atoms with van der Waals surface area (Å²) < 4.78 is 5.42. The summed E-state index contributed by atoms with van der Waals surface area (Å²) in [5.74, 6) is -0.374. The smallest absolute Gasteiger partial charge is 0.248 e. The lowest BCUT2D eigenvalue weighted by Gasteiger charge is -2.10. The van der Waals surface area contributed by atoms with E-state index in [1.165, 1.54) is 18.4 Å². The zero-order valence-corrected chi connectivity index (χ0v) is 14.6. The van der Waals surface area contributed by atoms with Crippen molar-refractivity contribution in [2.45, 2.75) is 13.8 Å². The third-order valence-electron chi connectivity index (χ3n) is 3.80. The molecule has 0 aliphatic rings. The average molecular weight is 354 g/mol. The number of carbonyl (C=O) groups excluding carboxylic acids is 1. The molecule has 126 valence electrons. The summed E-state index contributed by atoms with van der Waals surface area (Å²) in [7, 11) is 0. The highest BCUT2D eigenvalue weighted by molar-refractivity contribution is 6.34. The van der Waals surface area contributed by atoms with Crippen molar-refractivity contribution in [2.24, 2.45) is 0 Å². The molecule has 25 heavy (non-hydrogen) atoms. The van der Waals surface area contributed by atoms with Gasteiger partial charge in [-0.1, -0.05) is 29.8 Å². The number of aryl methyl sites for hydroxylation is 2. The van der Waals surface area contributed by atoms with Crippen molar-refractivity contribution >= 4 is 40.2 Å². The van der Waals surface area contributed by atoms with E-state index in [-0.39, 0.29) is 11.3 Å². The first-order valence-electron chi connectivity index (χ1n) is 7.72. The quantitative estimate of drug-likeness (QED) is 0.693. The molecule has 1 amide bonds. The van der Waals surface area contributed by atoms with E-state index in [9.17, 15) is 9.59 Å². The summed E-state index contributed by atoms with van der Waals surface area (Å²) in [5.41, 5.74) is 3.08. The average Bonchev–Trinajstić information content (AvgIpc) is 2.58. The van der Waals surface area contributed by atoms with Gasteiger partial charge in [0.05, 0.1) is 21.7 Å². The Labute approximate surface area is 149 Å². The number of carbonyl (C=O) groups is 1. The molecule has 4 nitrogen and oxygen atoms in total. The van der Waals surface area contributed by atoms with E-state index in [0.717, 1.165) is 11.1 Å². The Bertz CT molecular complexity index is 1030. The molecule has 0 spiro atoms. The topological polar surface area (TPSA) is 59.3 Å². The molecule has 0 bridgehead atoms. The van der Waals surface area contributed by atoms with Gasteiger partial charge in [-0.15, -0.1) is 0 Å². The molecular weight excluding hydrogens is 338 g/mol. The van der Waals surface area contributed by atoms with Crippen molar-refractivity contribution in [3.05, 3.63) is 80.7 Å².